The summed E-state index contributed by atoms with van der Waals surface area (Å²) in [5.74, 6) is 1.86. The normalized spacial score (nSPS) is 15.9. The minimum Gasteiger partial charge on any atom is -0.396 e. The van der Waals surface area contributed by atoms with Gasteiger partial charge in [0.15, 0.2) is 5.79 Å². The van der Waals surface area contributed by atoms with E-state index in [1.165, 1.54) is 19.8 Å². The first-order chi connectivity index (χ1) is 61.1. The summed E-state index contributed by atoms with van der Waals surface area (Å²) in [5.41, 5.74) is -3.12. The molecule has 0 rings (SSSR count). The fraction of sp³-hybridized carbons (Fsp3) is 1.00. The molecule has 0 aromatic heterocycles. The second-order valence-corrected chi connectivity index (χ2v) is 36.2. The van der Waals surface area contributed by atoms with Gasteiger partial charge in [-0.2, -0.15) is 0 Å². The zero-order valence-electron chi connectivity index (χ0n) is 89.8. The van der Waals surface area contributed by atoms with Crippen LogP contribution in [0.4, 0.5) is 0 Å². The predicted molar refractivity (Wildman–Crippen MR) is 543 cm³/mol. The Kier molecular flexibility index (Phi) is 137. The maximum absolute atomic E-state index is 9.66. The molecule has 0 amide bonds. The Bertz CT molecular complexity index is 1930. The number of aliphatic hydroxyl groups excluding tert-OH is 20. The lowest BCUT2D eigenvalue weighted by molar-refractivity contribution is -0.150. The smallest absolute Gasteiger partial charge is 0.159 e. The van der Waals surface area contributed by atoms with E-state index in [0.29, 0.717) is 87.6 Å². The number of aliphatic hydroxyl groups is 26. The van der Waals surface area contributed by atoms with Crippen molar-refractivity contribution in [3.8, 4) is 0 Å². The first kappa shape index (κ1) is 157. The molecule has 0 saturated heterocycles. The molecular formula is C104H234O26. The molecule has 0 spiro atoms. The van der Waals surface area contributed by atoms with Gasteiger partial charge in [-0.3, -0.25) is 0 Å². The van der Waals surface area contributed by atoms with Crippen molar-refractivity contribution in [2.45, 2.75) is 553 Å². The van der Waals surface area contributed by atoms with E-state index in [0.717, 1.165) is 218 Å². The second-order valence-electron chi connectivity index (χ2n) is 36.2. The maximum atomic E-state index is 9.66. The summed E-state index contributed by atoms with van der Waals surface area (Å²) in [6, 6.07) is 0. The van der Waals surface area contributed by atoms with Gasteiger partial charge in [-0.25, -0.2) is 0 Å². The van der Waals surface area contributed by atoms with Gasteiger partial charge in [0.05, 0.1) is 97.2 Å². The molecule has 18 atom stereocenters. The third kappa shape index (κ3) is 109. The van der Waals surface area contributed by atoms with Gasteiger partial charge < -0.3 is 133 Å². The molecule has 18 unspecified atom stereocenters. The topological polar surface area (TPSA) is 526 Å². The average Bonchev–Trinajstić information content (AvgIpc) is 0.893. The van der Waals surface area contributed by atoms with Gasteiger partial charge in [-0.05, 0) is 236 Å². The lowest BCUT2D eigenvalue weighted by Crippen LogP contribution is -2.40. The molecule has 0 aliphatic heterocycles. The van der Waals surface area contributed by atoms with E-state index in [2.05, 4.69) is 62.3 Å². The van der Waals surface area contributed by atoms with Gasteiger partial charge in [-0.15, -0.1) is 0 Å². The van der Waals surface area contributed by atoms with E-state index in [1.807, 2.05) is 96.9 Å². The fourth-order valence-electron chi connectivity index (χ4n) is 14.1. The van der Waals surface area contributed by atoms with Crippen LogP contribution in [0.25, 0.3) is 0 Å². The zero-order valence-corrected chi connectivity index (χ0v) is 89.8. The van der Waals surface area contributed by atoms with Gasteiger partial charge in [0.1, 0.15) is 0 Å². The molecule has 26 nitrogen and oxygen atoms in total. The van der Waals surface area contributed by atoms with Gasteiger partial charge in [0.25, 0.3) is 0 Å². The summed E-state index contributed by atoms with van der Waals surface area (Å²) in [5, 5.41) is 233. The molecule has 130 heavy (non-hydrogen) atoms. The molecule has 0 saturated carbocycles. The first-order valence-corrected chi connectivity index (χ1v) is 52.3. The Balaban J connectivity index is -0.000000104. The molecule has 0 aromatic carbocycles. The van der Waals surface area contributed by atoms with Crippen molar-refractivity contribution < 1.29 is 133 Å². The molecule has 0 heterocycles. The van der Waals surface area contributed by atoms with E-state index in [9.17, 15) is 40.9 Å². The number of hydrogen-bond donors (Lipinski definition) is 26. The van der Waals surface area contributed by atoms with Crippen LogP contribution in [0.2, 0.25) is 0 Å². The van der Waals surface area contributed by atoms with Crippen molar-refractivity contribution in [2.75, 3.05) is 72.7 Å². The number of rotatable bonds is 64. The Morgan fingerprint density at radius 2 is 0.685 bits per heavy atom. The SMILES string of the molecule is CCC(CC)C(O)C(C)O.CCC(CC)CC(O)CO.CCC(CCCO)C(C)O.CCC(CCO)CC(C)O.CCC(CCO)CCCO.CCC(CO)CCCCO.CCC(O)C(CC)CCO.CCC(O)C(O)(CC)CC.CCCC(CC)C(O)CO.CCCC(O)(CC)C(C)O.CCCC(O)(CC)CCO.CCCCC(O)(CC)CO.CCCCCCC(C)(O)O. The molecular weight excluding hydrogens is 1670 g/mol. The maximum Gasteiger partial charge on any atom is 0.159 e. The van der Waals surface area contributed by atoms with Crippen LogP contribution in [-0.2, 0) is 0 Å². The van der Waals surface area contributed by atoms with Crippen LogP contribution in [0.1, 0.15) is 469 Å². The molecule has 0 aliphatic rings. The van der Waals surface area contributed by atoms with E-state index < -0.39 is 64.8 Å². The number of hydrogen-bond acceptors (Lipinski definition) is 26. The minimum atomic E-state index is -1.45. The summed E-state index contributed by atoms with van der Waals surface area (Å²) in [4.78, 5) is 0. The Morgan fingerprint density at radius 3 is 0.962 bits per heavy atom. The summed E-state index contributed by atoms with van der Waals surface area (Å²) < 4.78 is 0. The number of unbranched alkanes of at least 4 members (excludes halogenated alkanes) is 5. The molecule has 0 fully saturated rings. The molecule has 0 radical (unpaired) electrons. The Morgan fingerprint density at radius 1 is 0.254 bits per heavy atom. The van der Waals surface area contributed by atoms with Crippen LogP contribution in [-0.4, -0.2) is 289 Å². The van der Waals surface area contributed by atoms with Crippen molar-refractivity contribution in [3.05, 3.63) is 0 Å². The van der Waals surface area contributed by atoms with Crippen molar-refractivity contribution >= 4 is 0 Å². The minimum absolute atomic E-state index is 0.0876. The summed E-state index contributed by atoms with van der Waals surface area (Å²) in [7, 11) is 0. The molecule has 0 aliphatic carbocycles. The predicted octanol–water partition coefficient (Wildman–Crippen LogP) is 16.2. The van der Waals surface area contributed by atoms with Gasteiger partial charge in [-0.1, -0.05) is 274 Å². The van der Waals surface area contributed by atoms with Crippen LogP contribution in [0.3, 0.4) is 0 Å². The highest BCUT2D eigenvalue weighted by atomic mass is 16.5. The van der Waals surface area contributed by atoms with Crippen LogP contribution in [0.5, 0.6) is 0 Å². The van der Waals surface area contributed by atoms with Crippen molar-refractivity contribution in [1.29, 1.82) is 0 Å². The molecule has 0 bridgehead atoms. The Labute approximate surface area is 801 Å². The highest BCUT2D eigenvalue weighted by molar-refractivity contribution is 4.83. The van der Waals surface area contributed by atoms with Crippen LogP contribution in [0, 0.1) is 47.3 Å². The van der Waals surface area contributed by atoms with E-state index in [4.69, 9.17) is 91.9 Å². The second kappa shape index (κ2) is 113. The highest BCUT2D eigenvalue weighted by Gasteiger charge is 2.31. The molecule has 806 valence electrons. The molecule has 26 N–H and O–H groups in total. The van der Waals surface area contributed by atoms with Gasteiger partial charge in [0, 0.05) is 59.3 Å². The highest BCUT2D eigenvalue weighted by Crippen LogP contribution is 2.26. The quantitative estimate of drug-likeness (QED) is 0.0199. The first-order valence-electron chi connectivity index (χ1n) is 52.3. The van der Waals surface area contributed by atoms with E-state index in [1.54, 1.807) is 20.8 Å². The van der Waals surface area contributed by atoms with Crippen molar-refractivity contribution in [3.63, 3.8) is 0 Å². The molecule has 26 heteroatoms. The average molecular weight is 1900 g/mol. The lowest BCUT2D eigenvalue weighted by Gasteiger charge is -2.30. The summed E-state index contributed by atoms with van der Waals surface area (Å²) in [6.07, 6.45) is 35.1. The lowest BCUT2D eigenvalue weighted by atomic mass is 9.89. The summed E-state index contributed by atoms with van der Waals surface area (Å²) in [6.45, 7) is 54.3. The molecule has 0 aromatic rings. The zero-order chi connectivity index (χ0) is 104. The van der Waals surface area contributed by atoms with Crippen molar-refractivity contribution in [1.82, 2.24) is 0 Å². The largest absolute Gasteiger partial charge is 0.396 e. The van der Waals surface area contributed by atoms with Crippen LogP contribution >= 0.6 is 0 Å². The van der Waals surface area contributed by atoms with Crippen molar-refractivity contribution in [2.24, 2.45) is 47.3 Å². The monoisotopic (exact) mass is 1900 g/mol. The van der Waals surface area contributed by atoms with Gasteiger partial charge >= 0.3 is 0 Å². The standard InChI is InChI=1S/13C8H18O2/c1-4-6-8(10,5-2)7(3)9;1-4-7(9)8(10,5-2)6-3;1-4-7(5-2)8(10)6(3)9;1-3-8(4-5-9)6-7(2)10;1-3-8(7(2)10)5-4-6-9;1-3-4-5-6-7-8(2,9)10;1-3-7(4-2)5-8(10)6-9;1-3-7(5-6-9)8(10)4-2;1-3-5-8(10,4-2)6-7-9;1-3-5-7(4-2)8(10)6-9;1-3-5-6-8(10,4-2)7-9;1-2-8(5-7-10)4-3-6-9;1-2-8(7-10)5-3-4-6-9/h2*7,9-10H,4-6H2,1-3H3;6-10H,4-5H2,1-3H3;2*7-10H,3-6H2,1-2H3;9-10H,3-7H2,1-2H3;2*7-10H,3-6H2,1-2H3;9-10H,3-7H2,1-2H3;7-10H,3-6H2,1-2H3;9-10H,3-7H2,1-2H3;2*8-10H,2-7H2,1H3. The fourth-order valence-corrected chi connectivity index (χ4v) is 14.1. The third-order valence-electron chi connectivity index (χ3n) is 25.1. The van der Waals surface area contributed by atoms with E-state index >= 15 is 0 Å². The van der Waals surface area contributed by atoms with Crippen LogP contribution < -0.4 is 0 Å². The van der Waals surface area contributed by atoms with E-state index in [-0.39, 0.29) is 102 Å². The van der Waals surface area contributed by atoms with Crippen LogP contribution in [0.15, 0.2) is 0 Å². The summed E-state index contributed by atoms with van der Waals surface area (Å²) >= 11 is 0. The Hall–Kier alpha value is -1.04. The third-order valence-corrected chi connectivity index (χ3v) is 25.1. The van der Waals surface area contributed by atoms with Gasteiger partial charge in [0.2, 0.25) is 0 Å².